The van der Waals surface area contributed by atoms with Crippen LogP contribution in [0.2, 0.25) is 0 Å². The zero-order valence-electron chi connectivity index (χ0n) is 12.2. The number of hydrogen-bond acceptors (Lipinski definition) is 3. The maximum absolute atomic E-state index is 12.0. The van der Waals surface area contributed by atoms with Gasteiger partial charge in [-0.2, -0.15) is 0 Å². The van der Waals surface area contributed by atoms with Crippen LogP contribution in [0.1, 0.15) is 40.0 Å². The first-order valence-electron chi connectivity index (χ1n) is 6.85. The van der Waals surface area contributed by atoms with Crippen LogP contribution in [0.3, 0.4) is 0 Å². The second-order valence-electron chi connectivity index (χ2n) is 5.54. The van der Waals surface area contributed by atoms with Crippen LogP contribution in [-0.2, 0) is 9.59 Å². The van der Waals surface area contributed by atoms with E-state index >= 15 is 0 Å². The first kappa shape index (κ1) is 16.3. The van der Waals surface area contributed by atoms with Crippen molar-refractivity contribution in [2.75, 3.05) is 13.1 Å². The summed E-state index contributed by atoms with van der Waals surface area (Å²) >= 11 is 0. The molecule has 1 saturated heterocycles. The summed E-state index contributed by atoms with van der Waals surface area (Å²) in [5.41, 5.74) is -1.15. The molecule has 1 aliphatic rings. The average molecular weight is 285 g/mol. The summed E-state index contributed by atoms with van der Waals surface area (Å²) in [5, 5.41) is 14.5. The summed E-state index contributed by atoms with van der Waals surface area (Å²) in [4.78, 5) is 36.0. The van der Waals surface area contributed by atoms with E-state index in [0.29, 0.717) is 19.4 Å². The lowest BCUT2D eigenvalue weighted by Gasteiger charge is -2.31. The molecule has 114 valence electrons. The smallest absolute Gasteiger partial charge is 0.329 e. The Morgan fingerprint density at radius 2 is 2.00 bits per heavy atom. The van der Waals surface area contributed by atoms with Gasteiger partial charge in [0.05, 0.1) is 0 Å². The molecule has 3 amide bonds. The van der Waals surface area contributed by atoms with E-state index in [0.717, 1.165) is 0 Å². The molecule has 0 aromatic heterocycles. The standard InChI is InChI=1S/C13H23N3O4/c1-9(2)15-10(17)5-7-14-12(20)16-8-4-6-13(16,3)11(18)19/h9H,4-8H2,1-3H3,(H,14,20)(H,15,17)(H,18,19). The van der Waals surface area contributed by atoms with Gasteiger partial charge in [-0.25, -0.2) is 9.59 Å². The van der Waals surface area contributed by atoms with Crippen molar-refractivity contribution in [1.29, 1.82) is 0 Å². The summed E-state index contributed by atoms with van der Waals surface area (Å²) in [5.74, 6) is -1.13. The van der Waals surface area contributed by atoms with Crippen molar-refractivity contribution in [2.45, 2.75) is 51.6 Å². The summed E-state index contributed by atoms with van der Waals surface area (Å²) < 4.78 is 0. The van der Waals surface area contributed by atoms with Gasteiger partial charge in [0.2, 0.25) is 5.91 Å². The van der Waals surface area contributed by atoms with Crippen molar-refractivity contribution in [3.8, 4) is 0 Å². The Kier molecular flexibility index (Phi) is 5.35. The molecule has 0 aromatic carbocycles. The molecular weight excluding hydrogens is 262 g/mol. The van der Waals surface area contributed by atoms with Crippen LogP contribution < -0.4 is 10.6 Å². The fourth-order valence-corrected chi connectivity index (χ4v) is 2.28. The van der Waals surface area contributed by atoms with Crippen LogP contribution in [0.5, 0.6) is 0 Å². The lowest BCUT2D eigenvalue weighted by molar-refractivity contribution is -0.147. The highest BCUT2D eigenvalue weighted by molar-refractivity contribution is 5.87. The van der Waals surface area contributed by atoms with Gasteiger partial charge in [0.15, 0.2) is 0 Å². The third-order valence-corrected chi connectivity index (χ3v) is 3.42. The number of urea groups is 1. The highest BCUT2D eigenvalue weighted by Gasteiger charge is 2.45. The normalized spacial score (nSPS) is 21.9. The van der Waals surface area contributed by atoms with E-state index in [2.05, 4.69) is 10.6 Å². The topological polar surface area (TPSA) is 98.7 Å². The molecule has 1 fully saturated rings. The van der Waals surface area contributed by atoms with E-state index < -0.39 is 17.5 Å². The van der Waals surface area contributed by atoms with Gasteiger partial charge >= 0.3 is 12.0 Å². The van der Waals surface area contributed by atoms with Crippen molar-refractivity contribution < 1.29 is 19.5 Å². The summed E-state index contributed by atoms with van der Waals surface area (Å²) in [7, 11) is 0. The molecule has 0 saturated carbocycles. The zero-order chi connectivity index (χ0) is 15.3. The molecule has 0 spiro atoms. The third-order valence-electron chi connectivity index (χ3n) is 3.42. The number of nitrogens with one attached hydrogen (secondary N) is 2. The predicted molar refractivity (Wildman–Crippen MR) is 73.3 cm³/mol. The number of carbonyl (C=O) groups is 3. The summed E-state index contributed by atoms with van der Waals surface area (Å²) in [6.45, 7) is 5.89. The molecule has 1 heterocycles. The number of carboxylic acid groups (broad SMARTS) is 1. The number of carbonyl (C=O) groups excluding carboxylic acids is 2. The largest absolute Gasteiger partial charge is 0.480 e. The van der Waals surface area contributed by atoms with Gasteiger partial charge in [0.1, 0.15) is 5.54 Å². The van der Waals surface area contributed by atoms with E-state index in [4.69, 9.17) is 0 Å². The molecule has 3 N–H and O–H groups in total. The number of amides is 3. The molecule has 0 radical (unpaired) electrons. The predicted octanol–water partition coefficient (Wildman–Crippen LogP) is 0.550. The van der Waals surface area contributed by atoms with Crippen LogP contribution in [0.15, 0.2) is 0 Å². The number of hydrogen-bond donors (Lipinski definition) is 3. The lowest BCUT2D eigenvalue weighted by atomic mass is 10.00. The molecule has 0 aliphatic carbocycles. The highest BCUT2D eigenvalue weighted by atomic mass is 16.4. The van der Waals surface area contributed by atoms with E-state index in [9.17, 15) is 19.5 Å². The van der Waals surface area contributed by atoms with Crippen LogP contribution in [0.25, 0.3) is 0 Å². The molecule has 1 rings (SSSR count). The van der Waals surface area contributed by atoms with Gasteiger partial charge in [-0.3, -0.25) is 4.79 Å². The highest BCUT2D eigenvalue weighted by Crippen LogP contribution is 2.29. The molecule has 20 heavy (non-hydrogen) atoms. The van der Waals surface area contributed by atoms with Gasteiger partial charge in [-0.15, -0.1) is 0 Å². The third kappa shape index (κ3) is 3.85. The minimum atomic E-state index is -1.15. The van der Waals surface area contributed by atoms with Crippen molar-refractivity contribution in [2.24, 2.45) is 0 Å². The molecule has 0 bridgehead atoms. The van der Waals surface area contributed by atoms with Gasteiger partial charge in [-0.1, -0.05) is 0 Å². The van der Waals surface area contributed by atoms with Gasteiger partial charge in [-0.05, 0) is 33.6 Å². The van der Waals surface area contributed by atoms with Gasteiger partial charge in [0.25, 0.3) is 0 Å². The monoisotopic (exact) mass is 285 g/mol. The molecule has 0 aromatic rings. The minimum Gasteiger partial charge on any atom is -0.480 e. The Bertz CT molecular complexity index is 397. The molecule has 1 atom stereocenters. The molecular formula is C13H23N3O4. The van der Waals surface area contributed by atoms with Gasteiger partial charge < -0.3 is 20.6 Å². The molecule has 7 nitrogen and oxygen atoms in total. The van der Waals surface area contributed by atoms with E-state index in [-0.39, 0.29) is 24.9 Å². The fourth-order valence-electron chi connectivity index (χ4n) is 2.28. The first-order chi connectivity index (χ1) is 9.27. The van der Waals surface area contributed by atoms with Crippen LogP contribution >= 0.6 is 0 Å². The SMILES string of the molecule is CC(C)NC(=O)CCNC(=O)N1CCCC1(C)C(=O)O. The van der Waals surface area contributed by atoms with Crippen LogP contribution in [0.4, 0.5) is 4.79 Å². The molecule has 1 aliphatic heterocycles. The average Bonchev–Trinajstić information content (AvgIpc) is 2.71. The second-order valence-corrected chi connectivity index (χ2v) is 5.54. The number of likely N-dealkylation sites (tertiary alicyclic amines) is 1. The van der Waals surface area contributed by atoms with Crippen LogP contribution in [-0.4, -0.2) is 52.6 Å². The number of carboxylic acids is 1. The maximum Gasteiger partial charge on any atom is 0.329 e. The number of nitrogens with zero attached hydrogens (tertiary/aromatic N) is 1. The zero-order valence-corrected chi connectivity index (χ0v) is 12.2. The number of aliphatic carboxylic acids is 1. The van der Waals surface area contributed by atoms with Crippen molar-refractivity contribution in [3.63, 3.8) is 0 Å². The van der Waals surface area contributed by atoms with Crippen LogP contribution in [0, 0.1) is 0 Å². The Labute approximate surface area is 118 Å². The summed E-state index contributed by atoms with van der Waals surface area (Å²) in [6.07, 6.45) is 1.30. The van der Waals surface area contributed by atoms with Crippen molar-refractivity contribution >= 4 is 17.9 Å². The minimum absolute atomic E-state index is 0.0621. The quantitative estimate of drug-likeness (QED) is 0.687. The van der Waals surface area contributed by atoms with E-state index in [1.165, 1.54) is 4.90 Å². The first-order valence-corrected chi connectivity index (χ1v) is 6.85. The Morgan fingerprint density at radius 3 is 2.55 bits per heavy atom. The fraction of sp³-hybridized carbons (Fsp3) is 0.769. The van der Waals surface area contributed by atoms with E-state index in [1.54, 1.807) is 6.92 Å². The Balaban J connectivity index is 2.43. The lowest BCUT2D eigenvalue weighted by Crippen LogP contribution is -2.54. The van der Waals surface area contributed by atoms with Crippen molar-refractivity contribution in [1.82, 2.24) is 15.5 Å². The van der Waals surface area contributed by atoms with Gasteiger partial charge in [0, 0.05) is 25.6 Å². The molecule has 7 heteroatoms. The molecule has 1 unspecified atom stereocenters. The maximum atomic E-state index is 12.0. The second kappa shape index (κ2) is 6.58. The summed E-state index contributed by atoms with van der Waals surface area (Å²) in [6, 6.07) is -0.364. The van der Waals surface area contributed by atoms with Crippen molar-refractivity contribution in [3.05, 3.63) is 0 Å². The van der Waals surface area contributed by atoms with E-state index in [1.807, 2.05) is 13.8 Å². The number of rotatable bonds is 5. The Morgan fingerprint density at radius 1 is 1.35 bits per heavy atom. The Hall–Kier alpha value is -1.79.